The van der Waals surface area contributed by atoms with Gasteiger partial charge in [-0.1, -0.05) is 19.3 Å². The van der Waals surface area contributed by atoms with Gasteiger partial charge in [-0.25, -0.2) is 0 Å². The number of nitrogens with zero attached hydrogens (tertiary/aromatic N) is 1. The zero-order valence-electron chi connectivity index (χ0n) is 13.3. The topological polar surface area (TPSA) is 51.2 Å². The van der Waals surface area contributed by atoms with E-state index in [9.17, 15) is 4.79 Å². The molecule has 0 aromatic carbocycles. The van der Waals surface area contributed by atoms with Crippen LogP contribution in [-0.2, 0) is 17.6 Å². The van der Waals surface area contributed by atoms with Gasteiger partial charge in [0, 0.05) is 24.0 Å². The molecule has 22 heavy (non-hydrogen) atoms. The summed E-state index contributed by atoms with van der Waals surface area (Å²) in [6, 6.07) is 1.89. The van der Waals surface area contributed by atoms with E-state index in [1.54, 1.807) is 6.20 Å². The Morgan fingerprint density at radius 3 is 2.86 bits per heavy atom. The van der Waals surface area contributed by atoms with Gasteiger partial charge in [-0.15, -0.1) is 0 Å². The Balaban J connectivity index is 1.46. The standard InChI is InChI=1S/C18H26N2O2/c21-18(20-12-14-6-2-1-3-7-14)13-22-17-10-11-19-16-9-5-4-8-15(16)17/h10-11,14H,1-9,12-13H2,(H,20,21). The quantitative estimate of drug-likeness (QED) is 0.909. The first-order chi connectivity index (χ1) is 10.8. The predicted octanol–water partition coefficient (Wildman–Crippen LogP) is 3.04. The van der Waals surface area contributed by atoms with Crippen LogP contribution in [0, 0.1) is 5.92 Å². The van der Waals surface area contributed by atoms with Gasteiger partial charge in [0.2, 0.25) is 0 Å². The van der Waals surface area contributed by atoms with Crippen molar-refractivity contribution < 1.29 is 9.53 Å². The molecule has 0 bridgehead atoms. The monoisotopic (exact) mass is 302 g/mol. The van der Waals surface area contributed by atoms with Crippen molar-refractivity contribution in [3.8, 4) is 5.75 Å². The number of carbonyl (C=O) groups is 1. The van der Waals surface area contributed by atoms with Gasteiger partial charge in [-0.2, -0.15) is 0 Å². The van der Waals surface area contributed by atoms with Gasteiger partial charge in [0.15, 0.2) is 6.61 Å². The smallest absolute Gasteiger partial charge is 0.257 e. The Hall–Kier alpha value is -1.58. The molecule has 1 amide bonds. The van der Waals surface area contributed by atoms with Gasteiger partial charge in [-0.3, -0.25) is 9.78 Å². The first-order valence-electron chi connectivity index (χ1n) is 8.69. The molecule has 0 aliphatic heterocycles. The number of aryl methyl sites for hydroxylation is 1. The van der Waals surface area contributed by atoms with Gasteiger partial charge in [-0.05, 0) is 50.5 Å². The summed E-state index contributed by atoms with van der Waals surface area (Å²) in [7, 11) is 0. The lowest BCUT2D eigenvalue weighted by Crippen LogP contribution is -2.33. The van der Waals surface area contributed by atoms with Crippen molar-refractivity contribution in [3.05, 3.63) is 23.5 Å². The number of amides is 1. The third-order valence-electron chi connectivity index (χ3n) is 4.86. The van der Waals surface area contributed by atoms with Crippen LogP contribution in [0.5, 0.6) is 5.75 Å². The lowest BCUT2D eigenvalue weighted by atomic mass is 9.89. The molecular weight excluding hydrogens is 276 g/mol. The van der Waals surface area contributed by atoms with Gasteiger partial charge < -0.3 is 10.1 Å². The molecule has 1 aromatic rings. The molecule has 1 N–H and O–H groups in total. The van der Waals surface area contributed by atoms with E-state index in [2.05, 4.69) is 10.3 Å². The minimum atomic E-state index is -0.00746. The Kier molecular flexibility index (Phi) is 5.30. The van der Waals surface area contributed by atoms with E-state index in [1.807, 2.05) is 6.07 Å². The van der Waals surface area contributed by atoms with Crippen molar-refractivity contribution in [1.82, 2.24) is 10.3 Å². The molecule has 0 unspecified atom stereocenters. The van der Waals surface area contributed by atoms with Gasteiger partial charge >= 0.3 is 0 Å². The maximum absolute atomic E-state index is 12.0. The van der Waals surface area contributed by atoms with Crippen molar-refractivity contribution in [2.24, 2.45) is 5.92 Å². The van der Waals surface area contributed by atoms with Crippen molar-refractivity contribution in [3.63, 3.8) is 0 Å². The average molecular weight is 302 g/mol. The van der Waals surface area contributed by atoms with Gasteiger partial charge in [0.1, 0.15) is 5.75 Å². The number of aromatic nitrogens is 1. The third-order valence-corrected chi connectivity index (χ3v) is 4.86. The summed E-state index contributed by atoms with van der Waals surface area (Å²) in [5.41, 5.74) is 2.35. The van der Waals surface area contributed by atoms with Crippen molar-refractivity contribution in [2.75, 3.05) is 13.2 Å². The highest BCUT2D eigenvalue weighted by Gasteiger charge is 2.17. The minimum Gasteiger partial charge on any atom is -0.483 e. The van der Waals surface area contributed by atoms with Crippen LogP contribution in [0.25, 0.3) is 0 Å². The van der Waals surface area contributed by atoms with E-state index in [1.165, 1.54) is 50.5 Å². The van der Waals surface area contributed by atoms with Crippen LogP contribution in [0.3, 0.4) is 0 Å². The van der Waals surface area contributed by atoms with Crippen LogP contribution in [-0.4, -0.2) is 24.0 Å². The van der Waals surface area contributed by atoms with E-state index in [0.717, 1.165) is 30.8 Å². The number of fused-ring (bicyclic) bond motifs is 1. The molecular formula is C18H26N2O2. The molecule has 0 atom stereocenters. The van der Waals surface area contributed by atoms with Crippen molar-refractivity contribution >= 4 is 5.91 Å². The van der Waals surface area contributed by atoms with E-state index >= 15 is 0 Å². The second kappa shape index (κ2) is 7.61. The van der Waals surface area contributed by atoms with Gasteiger partial charge in [0.05, 0.1) is 0 Å². The summed E-state index contributed by atoms with van der Waals surface area (Å²) in [5, 5.41) is 3.02. The third kappa shape index (κ3) is 3.99. The summed E-state index contributed by atoms with van der Waals surface area (Å²) in [6.45, 7) is 0.916. The van der Waals surface area contributed by atoms with E-state index < -0.39 is 0 Å². The highest BCUT2D eigenvalue weighted by Crippen LogP contribution is 2.27. The molecule has 0 saturated heterocycles. The lowest BCUT2D eigenvalue weighted by Gasteiger charge is -2.22. The van der Waals surface area contributed by atoms with Gasteiger partial charge in [0.25, 0.3) is 5.91 Å². The fourth-order valence-corrected chi connectivity index (χ4v) is 3.57. The molecule has 1 saturated carbocycles. The van der Waals surface area contributed by atoms with Crippen LogP contribution >= 0.6 is 0 Å². The molecule has 4 heteroatoms. The van der Waals surface area contributed by atoms with Crippen LogP contribution < -0.4 is 10.1 Å². The van der Waals surface area contributed by atoms with E-state index in [-0.39, 0.29) is 12.5 Å². The Labute approximate surface area is 132 Å². The van der Waals surface area contributed by atoms with E-state index in [4.69, 9.17) is 4.74 Å². The zero-order chi connectivity index (χ0) is 15.2. The minimum absolute atomic E-state index is 0.00746. The first kappa shape index (κ1) is 15.3. The Bertz CT molecular complexity index is 510. The Morgan fingerprint density at radius 1 is 1.18 bits per heavy atom. The van der Waals surface area contributed by atoms with Crippen LogP contribution in [0.1, 0.15) is 56.2 Å². The van der Waals surface area contributed by atoms with Crippen LogP contribution in [0.15, 0.2) is 12.3 Å². The lowest BCUT2D eigenvalue weighted by molar-refractivity contribution is -0.123. The number of hydrogen-bond donors (Lipinski definition) is 1. The van der Waals surface area contributed by atoms with Crippen LogP contribution in [0.2, 0.25) is 0 Å². The number of ether oxygens (including phenoxy) is 1. The first-order valence-corrected chi connectivity index (χ1v) is 8.69. The van der Waals surface area contributed by atoms with Crippen molar-refractivity contribution in [2.45, 2.75) is 57.8 Å². The molecule has 4 nitrogen and oxygen atoms in total. The summed E-state index contributed by atoms with van der Waals surface area (Å²) in [4.78, 5) is 16.4. The number of hydrogen-bond acceptors (Lipinski definition) is 3. The molecule has 2 aliphatic carbocycles. The molecule has 0 radical (unpaired) electrons. The average Bonchev–Trinajstić information content (AvgIpc) is 2.59. The fraction of sp³-hybridized carbons (Fsp3) is 0.667. The summed E-state index contributed by atoms with van der Waals surface area (Å²) in [6.07, 6.45) is 12.7. The zero-order valence-corrected chi connectivity index (χ0v) is 13.3. The molecule has 2 aliphatic rings. The highest BCUT2D eigenvalue weighted by molar-refractivity contribution is 5.77. The summed E-state index contributed by atoms with van der Waals surface area (Å²) in [5.74, 6) is 1.50. The fourth-order valence-electron chi connectivity index (χ4n) is 3.57. The normalized spacial score (nSPS) is 18.5. The molecule has 0 spiro atoms. The SMILES string of the molecule is O=C(COc1ccnc2c1CCCC2)NCC1CCCCC1. The number of pyridine rings is 1. The molecule has 1 fully saturated rings. The molecule has 120 valence electrons. The number of nitrogens with one attached hydrogen (secondary N) is 1. The largest absolute Gasteiger partial charge is 0.483 e. The van der Waals surface area contributed by atoms with Crippen molar-refractivity contribution in [1.29, 1.82) is 0 Å². The van der Waals surface area contributed by atoms with E-state index in [0.29, 0.717) is 5.92 Å². The molecule has 3 rings (SSSR count). The molecule has 1 aromatic heterocycles. The maximum Gasteiger partial charge on any atom is 0.257 e. The maximum atomic E-state index is 12.0. The summed E-state index contributed by atoms with van der Waals surface area (Å²) < 4.78 is 5.75. The number of rotatable bonds is 5. The molecule has 1 heterocycles. The van der Waals surface area contributed by atoms with Crippen LogP contribution in [0.4, 0.5) is 0 Å². The Morgan fingerprint density at radius 2 is 2.00 bits per heavy atom. The second-order valence-corrected chi connectivity index (χ2v) is 6.54. The number of carbonyl (C=O) groups excluding carboxylic acids is 1. The summed E-state index contributed by atoms with van der Waals surface area (Å²) >= 11 is 0. The predicted molar refractivity (Wildman–Crippen MR) is 86.0 cm³/mol. The highest BCUT2D eigenvalue weighted by atomic mass is 16.5. The second-order valence-electron chi connectivity index (χ2n) is 6.54.